The van der Waals surface area contributed by atoms with E-state index in [2.05, 4.69) is 62.2 Å². The number of aliphatic carboxylic acids is 1. The average Bonchev–Trinajstić information content (AvgIpc) is 3.18. The van der Waals surface area contributed by atoms with Crippen molar-refractivity contribution >= 4 is 5.97 Å². The number of fused-ring (bicyclic) bond motifs is 1. The summed E-state index contributed by atoms with van der Waals surface area (Å²) < 4.78 is 17.9. The topological polar surface area (TPSA) is 68.2 Å². The molecular weight excluding hydrogens is 442 g/mol. The summed E-state index contributed by atoms with van der Waals surface area (Å²) in [4.78, 5) is 13.3. The van der Waals surface area contributed by atoms with Gasteiger partial charge in [-0.05, 0) is 73.0 Å². The highest BCUT2D eigenvalue weighted by atomic mass is 16.5. The summed E-state index contributed by atoms with van der Waals surface area (Å²) in [6.07, 6.45) is 0.349. The first-order valence-corrected chi connectivity index (χ1v) is 12.0. The van der Waals surface area contributed by atoms with Crippen molar-refractivity contribution < 1.29 is 24.1 Å². The molecule has 6 nitrogen and oxygen atoms in total. The summed E-state index contributed by atoms with van der Waals surface area (Å²) in [6.45, 7) is 7.04. The molecule has 0 bridgehead atoms. The number of benzene rings is 3. The van der Waals surface area contributed by atoms with Crippen LogP contribution in [0.3, 0.4) is 0 Å². The molecule has 5 rings (SSSR count). The molecule has 3 aromatic rings. The van der Waals surface area contributed by atoms with Gasteiger partial charge in [0.2, 0.25) is 0 Å². The molecular formula is C29H31NO5. The molecule has 1 fully saturated rings. The van der Waals surface area contributed by atoms with E-state index in [0.29, 0.717) is 24.7 Å². The van der Waals surface area contributed by atoms with Crippen LogP contribution in [0, 0.1) is 13.8 Å². The SMILES string of the molecule is Cc1cc(OC2CN(C)C2)cc(C)c1-c1cccc(COc2ccc3c(c2)OCC3CC(=O)O)c1. The first kappa shape index (κ1) is 23.2. The lowest BCUT2D eigenvalue weighted by Crippen LogP contribution is -2.51. The van der Waals surface area contributed by atoms with Gasteiger partial charge in [-0.2, -0.15) is 0 Å². The van der Waals surface area contributed by atoms with E-state index in [4.69, 9.17) is 19.3 Å². The first-order chi connectivity index (χ1) is 16.9. The molecule has 0 amide bonds. The maximum Gasteiger partial charge on any atom is 0.304 e. The van der Waals surface area contributed by atoms with Crippen molar-refractivity contribution in [1.29, 1.82) is 0 Å². The fourth-order valence-electron chi connectivity index (χ4n) is 5.07. The minimum atomic E-state index is -0.814. The first-order valence-electron chi connectivity index (χ1n) is 12.0. The Balaban J connectivity index is 1.27. The average molecular weight is 474 g/mol. The maximum absolute atomic E-state index is 11.1. The molecule has 2 aliphatic heterocycles. The fraction of sp³-hybridized carbons (Fsp3) is 0.345. The number of ether oxygens (including phenoxy) is 3. The predicted molar refractivity (Wildman–Crippen MR) is 135 cm³/mol. The maximum atomic E-state index is 11.1. The van der Waals surface area contributed by atoms with Crippen LogP contribution in [0.1, 0.15) is 34.6 Å². The van der Waals surface area contributed by atoms with Crippen molar-refractivity contribution in [3.63, 3.8) is 0 Å². The second-order valence-corrected chi connectivity index (χ2v) is 9.69. The Morgan fingerprint density at radius 2 is 1.83 bits per heavy atom. The lowest BCUT2D eigenvalue weighted by Gasteiger charge is -2.36. The molecule has 1 N–H and O–H groups in total. The summed E-state index contributed by atoms with van der Waals surface area (Å²) >= 11 is 0. The van der Waals surface area contributed by atoms with E-state index in [1.165, 1.54) is 16.7 Å². The molecule has 1 saturated heterocycles. The highest BCUT2D eigenvalue weighted by molar-refractivity contribution is 5.72. The molecule has 2 heterocycles. The number of carbonyl (C=O) groups is 1. The van der Waals surface area contributed by atoms with Crippen LogP contribution in [0.2, 0.25) is 0 Å². The number of nitrogens with zero attached hydrogens (tertiary/aromatic N) is 1. The minimum absolute atomic E-state index is 0.0733. The van der Waals surface area contributed by atoms with E-state index >= 15 is 0 Å². The second kappa shape index (κ2) is 9.62. The van der Waals surface area contributed by atoms with Gasteiger partial charge in [0, 0.05) is 30.6 Å². The zero-order valence-electron chi connectivity index (χ0n) is 20.4. The molecule has 1 unspecified atom stereocenters. The van der Waals surface area contributed by atoms with Gasteiger partial charge >= 0.3 is 5.97 Å². The Morgan fingerprint density at radius 3 is 2.54 bits per heavy atom. The van der Waals surface area contributed by atoms with Gasteiger partial charge in [-0.3, -0.25) is 9.69 Å². The number of likely N-dealkylation sites (tertiary alicyclic amines) is 1. The van der Waals surface area contributed by atoms with Crippen molar-refractivity contribution in [3.05, 3.63) is 76.9 Å². The van der Waals surface area contributed by atoms with Crippen molar-refractivity contribution in [2.24, 2.45) is 0 Å². The van der Waals surface area contributed by atoms with Crippen LogP contribution in [0.25, 0.3) is 11.1 Å². The Morgan fingerprint density at radius 1 is 1.06 bits per heavy atom. The number of carboxylic acid groups (broad SMARTS) is 1. The standard InChI is InChI=1S/C29H31NO5/c1-18-9-24(35-25-14-30(3)15-25)10-19(2)29(18)21-6-4-5-20(11-21)16-33-23-7-8-26-22(12-28(31)32)17-34-27(26)13-23/h4-11,13,22,25H,12,14-17H2,1-3H3,(H,31,32). The number of rotatable bonds is 8. The number of hydrogen-bond donors (Lipinski definition) is 1. The Bertz CT molecular complexity index is 1220. The third-order valence-corrected chi connectivity index (χ3v) is 6.75. The van der Waals surface area contributed by atoms with Crippen LogP contribution in [0.15, 0.2) is 54.6 Å². The van der Waals surface area contributed by atoms with Crippen LogP contribution in [-0.2, 0) is 11.4 Å². The predicted octanol–water partition coefficient (Wildman–Crippen LogP) is 5.19. The molecule has 2 aliphatic rings. The normalized spacial score (nSPS) is 17.4. The quantitative estimate of drug-likeness (QED) is 0.486. The van der Waals surface area contributed by atoms with Crippen molar-refractivity contribution in [1.82, 2.24) is 4.90 Å². The number of carboxylic acids is 1. The summed E-state index contributed by atoms with van der Waals surface area (Å²) in [7, 11) is 2.10. The number of likely N-dealkylation sites (N-methyl/N-ethyl adjacent to an activating group) is 1. The third kappa shape index (κ3) is 5.13. The molecule has 35 heavy (non-hydrogen) atoms. The van der Waals surface area contributed by atoms with E-state index in [9.17, 15) is 4.79 Å². The molecule has 182 valence electrons. The van der Waals surface area contributed by atoms with Gasteiger partial charge in [-0.25, -0.2) is 0 Å². The van der Waals surface area contributed by atoms with Crippen LogP contribution < -0.4 is 14.2 Å². The smallest absolute Gasteiger partial charge is 0.304 e. The Kier molecular flexibility index (Phi) is 6.39. The van der Waals surface area contributed by atoms with Crippen LogP contribution in [0.4, 0.5) is 0 Å². The van der Waals surface area contributed by atoms with E-state index in [1.54, 1.807) is 0 Å². The molecule has 0 radical (unpaired) electrons. The molecule has 0 aliphatic carbocycles. The Labute approximate surface area is 206 Å². The van der Waals surface area contributed by atoms with E-state index in [-0.39, 0.29) is 18.4 Å². The van der Waals surface area contributed by atoms with Crippen LogP contribution in [-0.4, -0.2) is 48.8 Å². The van der Waals surface area contributed by atoms with Gasteiger partial charge < -0.3 is 19.3 Å². The van der Waals surface area contributed by atoms with Gasteiger partial charge in [-0.1, -0.05) is 24.3 Å². The molecule has 0 aromatic heterocycles. The zero-order chi connectivity index (χ0) is 24.5. The van der Waals surface area contributed by atoms with Crippen LogP contribution >= 0.6 is 0 Å². The van der Waals surface area contributed by atoms with E-state index in [0.717, 1.165) is 35.5 Å². The van der Waals surface area contributed by atoms with Gasteiger partial charge in [-0.15, -0.1) is 0 Å². The van der Waals surface area contributed by atoms with E-state index < -0.39 is 5.97 Å². The molecule has 0 spiro atoms. The van der Waals surface area contributed by atoms with Crippen molar-refractivity contribution in [2.75, 3.05) is 26.7 Å². The monoisotopic (exact) mass is 473 g/mol. The minimum Gasteiger partial charge on any atom is -0.492 e. The lowest BCUT2D eigenvalue weighted by molar-refractivity contribution is -0.137. The molecule has 3 aromatic carbocycles. The Hall–Kier alpha value is -3.51. The third-order valence-electron chi connectivity index (χ3n) is 6.75. The van der Waals surface area contributed by atoms with Gasteiger partial charge in [0.05, 0.1) is 13.0 Å². The number of hydrogen-bond acceptors (Lipinski definition) is 5. The summed E-state index contributed by atoms with van der Waals surface area (Å²) in [5.74, 6) is 1.44. The largest absolute Gasteiger partial charge is 0.492 e. The van der Waals surface area contributed by atoms with E-state index in [1.807, 2.05) is 18.2 Å². The lowest BCUT2D eigenvalue weighted by atomic mass is 9.94. The van der Waals surface area contributed by atoms with Gasteiger partial charge in [0.1, 0.15) is 30.0 Å². The molecule has 1 atom stereocenters. The zero-order valence-corrected chi connectivity index (χ0v) is 20.4. The second-order valence-electron chi connectivity index (χ2n) is 9.69. The van der Waals surface area contributed by atoms with Crippen molar-refractivity contribution in [3.8, 4) is 28.4 Å². The molecule has 6 heteroatoms. The van der Waals surface area contributed by atoms with Crippen molar-refractivity contribution in [2.45, 2.75) is 38.9 Å². The number of aryl methyl sites for hydroxylation is 2. The summed E-state index contributed by atoms with van der Waals surface area (Å²) in [5.41, 5.74) is 6.77. The van der Waals surface area contributed by atoms with Gasteiger partial charge in [0.25, 0.3) is 0 Å². The highest BCUT2D eigenvalue weighted by Crippen LogP contribution is 2.38. The fourth-order valence-corrected chi connectivity index (χ4v) is 5.07. The molecule has 0 saturated carbocycles. The summed E-state index contributed by atoms with van der Waals surface area (Å²) in [5, 5.41) is 9.08. The van der Waals surface area contributed by atoms with Gasteiger partial charge in [0.15, 0.2) is 0 Å². The summed E-state index contributed by atoms with van der Waals surface area (Å²) in [6, 6.07) is 18.3. The highest BCUT2D eigenvalue weighted by Gasteiger charge is 2.27. The van der Waals surface area contributed by atoms with Crippen LogP contribution in [0.5, 0.6) is 17.2 Å².